The molecule has 9 heteroatoms. The summed E-state index contributed by atoms with van der Waals surface area (Å²) in [5, 5.41) is 16.5. The summed E-state index contributed by atoms with van der Waals surface area (Å²) in [5.74, 6) is 2.04. The summed E-state index contributed by atoms with van der Waals surface area (Å²) in [5.41, 5.74) is 4.85. The average Bonchev–Trinajstić information content (AvgIpc) is 2.94. The van der Waals surface area contributed by atoms with Crippen LogP contribution in [-0.4, -0.2) is 56.6 Å². The molecule has 0 bridgehead atoms. The van der Waals surface area contributed by atoms with Gasteiger partial charge in [0.05, 0.1) is 29.1 Å². The number of carbonyl (C=O) groups excluding carboxylic acids is 1. The first-order valence-corrected chi connectivity index (χ1v) is 13.2. The van der Waals surface area contributed by atoms with Crippen LogP contribution in [0.3, 0.4) is 0 Å². The zero-order valence-corrected chi connectivity index (χ0v) is 21.4. The van der Waals surface area contributed by atoms with Crippen LogP contribution in [0, 0.1) is 5.92 Å². The van der Waals surface area contributed by atoms with Gasteiger partial charge in [0.25, 0.3) is 5.91 Å². The highest BCUT2D eigenvalue weighted by Gasteiger charge is 2.22. The number of pyridine rings is 2. The molecule has 0 aliphatic carbocycles. The number of amides is 1. The monoisotopic (exact) mass is 502 g/mol. The molecule has 0 fully saturated rings. The van der Waals surface area contributed by atoms with Crippen LogP contribution in [0.5, 0.6) is 0 Å². The predicted octanol–water partition coefficient (Wildman–Crippen LogP) is 4.13. The normalized spacial score (nSPS) is 12.8. The van der Waals surface area contributed by atoms with Crippen LogP contribution in [0.2, 0.25) is 0 Å². The van der Waals surface area contributed by atoms with E-state index in [1.54, 1.807) is 43.6 Å². The molecule has 0 aliphatic rings. The number of hydrogen-bond donors (Lipinski definition) is 3. The lowest BCUT2D eigenvalue weighted by atomic mass is 9.86. The van der Waals surface area contributed by atoms with Crippen molar-refractivity contribution >= 4 is 34.4 Å². The highest BCUT2D eigenvalue weighted by Crippen LogP contribution is 2.32. The summed E-state index contributed by atoms with van der Waals surface area (Å²) >= 11 is 1.80. The zero-order valence-electron chi connectivity index (χ0n) is 20.6. The van der Waals surface area contributed by atoms with Gasteiger partial charge in [-0.3, -0.25) is 14.8 Å². The molecule has 36 heavy (non-hydrogen) atoms. The Morgan fingerprint density at radius 3 is 2.69 bits per heavy atom. The Balaban J connectivity index is 1.57. The smallest absolute Gasteiger partial charge is 0.251 e. The van der Waals surface area contributed by atoms with Crippen LogP contribution in [0.15, 0.2) is 61.2 Å². The van der Waals surface area contributed by atoms with E-state index in [9.17, 15) is 9.90 Å². The minimum atomic E-state index is -0.119. The Morgan fingerprint density at radius 1 is 1.08 bits per heavy atom. The molecule has 0 spiro atoms. The number of aliphatic hydroxyl groups excluding tert-OH is 1. The zero-order chi connectivity index (χ0) is 25.5. The molecule has 0 radical (unpaired) electrons. The lowest BCUT2D eigenvalue weighted by molar-refractivity contribution is 0.0964. The molecule has 3 heterocycles. The van der Waals surface area contributed by atoms with Gasteiger partial charge in [-0.1, -0.05) is 25.1 Å². The number of nitrogens with one attached hydrogen (secondary N) is 2. The first-order valence-electron chi connectivity index (χ1n) is 11.8. The summed E-state index contributed by atoms with van der Waals surface area (Å²) in [7, 11) is 1.64. The summed E-state index contributed by atoms with van der Waals surface area (Å²) in [6.07, 6.45) is 7.02. The van der Waals surface area contributed by atoms with E-state index in [0.29, 0.717) is 17.8 Å². The fourth-order valence-electron chi connectivity index (χ4n) is 4.32. The number of thioether (sulfide) groups is 1. The maximum Gasteiger partial charge on any atom is 0.251 e. The number of anilines is 1. The van der Waals surface area contributed by atoms with Crippen LogP contribution < -0.4 is 10.6 Å². The van der Waals surface area contributed by atoms with E-state index in [1.807, 2.05) is 30.3 Å². The van der Waals surface area contributed by atoms with E-state index in [4.69, 9.17) is 0 Å². The molecular formula is C27H30N6O2S. The first-order chi connectivity index (χ1) is 17.5. The lowest BCUT2D eigenvalue weighted by Gasteiger charge is -2.25. The van der Waals surface area contributed by atoms with Gasteiger partial charge >= 0.3 is 0 Å². The van der Waals surface area contributed by atoms with Gasteiger partial charge in [0.1, 0.15) is 12.1 Å². The van der Waals surface area contributed by atoms with Gasteiger partial charge in [0.2, 0.25) is 0 Å². The molecule has 1 amide bonds. The van der Waals surface area contributed by atoms with E-state index < -0.39 is 0 Å². The highest BCUT2D eigenvalue weighted by atomic mass is 32.2. The van der Waals surface area contributed by atoms with Crippen molar-refractivity contribution in [2.75, 3.05) is 30.9 Å². The van der Waals surface area contributed by atoms with Crippen LogP contribution >= 0.6 is 11.8 Å². The third kappa shape index (κ3) is 5.63. The number of para-hydroxylation sites is 1. The quantitative estimate of drug-likeness (QED) is 0.297. The molecule has 2 atom stereocenters. The van der Waals surface area contributed by atoms with Gasteiger partial charge in [-0.2, -0.15) is 11.8 Å². The SMILES string of the molecule is CNC(=O)c1ccnc2c(C(C)C(CNc3cc(-c4ccnc(CO)c4)ncn3)CSC)cccc12. The Hall–Kier alpha value is -3.56. The Bertz CT molecular complexity index is 1350. The Morgan fingerprint density at radius 2 is 1.92 bits per heavy atom. The summed E-state index contributed by atoms with van der Waals surface area (Å²) in [4.78, 5) is 30.0. The topological polar surface area (TPSA) is 113 Å². The van der Waals surface area contributed by atoms with Gasteiger partial charge in [-0.15, -0.1) is 0 Å². The van der Waals surface area contributed by atoms with E-state index >= 15 is 0 Å². The third-order valence-electron chi connectivity index (χ3n) is 6.34. The van der Waals surface area contributed by atoms with Gasteiger partial charge in [0.15, 0.2) is 0 Å². The molecule has 3 aromatic heterocycles. The molecule has 0 aliphatic heterocycles. The molecule has 0 saturated carbocycles. The molecule has 3 N–H and O–H groups in total. The molecule has 4 rings (SSSR count). The predicted molar refractivity (Wildman–Crippen MR) is 145 cm³/mol. The molecule has 1 aromatic carbocycles. The second kappa shape index (κ2) is 11.9. The number of rotatable bonds is 10. The second-order valence-corrected chi connectivity index (χ2v) is 9.46. The van der Waals surface area contributed by atoms with Crippen LogP contribution in [0.4, 0.5) is 5.82 Å². The lowest BCUT2D eigenvalue weighted by Crippen LogP contribution is -2.23. The average molecular weight is 503 g/mol. The molecule has 2 unspecified atom stereocenters. The van der Waals surface area contributed by atoms with Crippen LogP contribution in [0.1, 0.15) is 34.5 Å². The Kier molecular flexibility index (Phi) is 8.45. The number of aliphatic hydroxyl groups is 1. The third-order valence-corrected chi connectivity index (χ3v) is 7.10. The van der Waals surface area contributed by atoms with Crippen molar-refractivity contribution in [3.8, 4) is 11.3 Å². The first kappa shape index (κ1) is 25.5. The second-order valence-electron chi connectivity index (χ2n) is 8.55. The van der Waals surface area contributed by atoms with Gasteiger partial charge in [-0.05, 0) is 47.6 Å². The number of nitrogens with zero attached hydrogens (tertiary/aromatic N) is 4. The molecule has 0 saturated heterocycles. The van der Waals surface area contributed by atoms with Gasteiger partial charge < -0.3 is 15.7 Å². The standard InChI is InChI=1S/C27H30N6O2S/c1-17(21-5-4-6-22-23(27(35)28-2)8-10-30-26(21)22)19(15-36-3)13-31-25-12-24(32-16-33-25)18-7-9-29-20(11-18)14-34/h4-12,16-17,19,34H,13-15H2,1-3H3,(H,28,35)(H,31,32,33). The van der Waals surface area contributed by atoms with Crippen molar-refractivity contribution in [1.82, 2.24) is 25.3 Å². The van der Waals surface area contributed by atoms with Crippen LogP contribution in [-0.2, 0) is 6.61 Å². The van der Waals surface area contributed by atoms with Crippen molar-refractivity contribution < 1.29 is 9.90 Å². The molecule has 8 nitrogen and oxygen atoms in total. The van der Waals surface area contributed by atoms with Crippen molar-refractivity contribution in [3.63, 3.8) is 0 Å². The number of benzene rings is 1. The van der Waals surface area contributed by atoms with Gasteiger partial charge in [-0.25, -0.2) is 9.97 Å². The van der Waals surface area contributed by atoms with E-state index in [1.165, 1.54) is 0 Å². The minimum Gasteiger partial charge on any atom is -0.390 e. The fraction of sp³-hybridized carbons (Fsp3) is 0.296. The van der Waals surface area contributed by atoms with E-state index in [0.717, 1.165) is 39.3 Å². The number of carbonyl (C=O) groups is 1. The summed E-state index contributed by atoms with van der Waals surface area (Å²) in [6, 6.07) is 13.4. The summed E-state index contributed by atoms with van der Waals surface area (Å²) in [6.45, 7) is 2.80. The van der Waals surface area contributed by atoms with E-state index in [2.05, 4.69) is 49.8 Å². The van der Waals surface area contributed by atoms with E-state index in [-0.39, 0.29) is 24.3 Å². The molecule has 186 valence electrons. The van der Waals surface area contributed by atoms with Crippen molar-refractivity contribution in [2.24, 2.45) is 5.92 Å². The van der Waals surface area contributed by atoms with Crippen molar-refractivity contribution in [3.05, 3.63) is 78.0 Å². The van der Waals surface area contributed by atoms with Gasteiger partial charge in [0, 0.05) is 43.0 Å². The van der Waals surface area contributed by atoms with Crippen molar-refractivity contribution in [2.45, 2.75) is 19.4 Å². The highest BCUT2D eigenvalue weighted by molar-refractivity contribution is 7.98. The summed E-state index contributed by atoms with van der Waals surface area (Å²) < 4.78 is 0. The minimum absolute atomic E-state index is 0.116. The maximum absolute atomic E-state index is 12.4. The van der Waals surface area contributed by atoms with Crippen molar-refractivity contribution in [1.29, 1.82) is 0 Å². The van der Waals surface area contributed by atoms with Crippen LogP contribution in [0.25, 0.3) is 22.2 Å². The maximum atomic E-state index is 12.4. The molecular weight excluding hydrogens is 472 g/mol. The molecule has 4 aromatic rings. The Labute approximate surface area is 215 Å². The fourth-order valence-corrected chi connectivity index (χ4v) is 5.15. The largest absolute Gasteiger partial charge is 0.390 e. The number of fused-ring (bicyclic) bond motifs is 1. The number of hydrogen-bond acceptors (Lipinski definition) is 8. The number of aromatic nitrogens is 4.